The fraction of sp³-hybridized carbons (Fsp3) is 1.00. The zero-order valence-corrected chi connectivity index (χ0v) is 7.98. The molecule has 0 aromatic rings. The standard InChI is InChI=1S/C2H3F5NOPS2/c3-1(4,5)12(9)8-11-2(6,7)10/h8H,10H2. The number of hydrogen-bond donors (Lipinski definition) is 1. The van der Waals surface area contributed by atoms with Gasteiger partial charge in [-0.3, -0.25) is 0 Å². The Hall–Kier alpha value is 0.540. The molecule has 0 aromatic heterocycles. The Morgan fingerprint density at radius 2 is 1.67 bits per heavy atom. The summed E-state index contributed by atoms with van der Waals surface area (Å²) in [6, 6.07) is 0. The van der Waals surface area contributed by atoms with E-state index in [9.17, 15) is 26.2 Å². The van der Waals surface area contributed by atoms with Crippen LogP contribution in [0.5, 0.6) is 0 Å². The van der Waals surface area contributed by atoms with Gasteiger partial charge in [-0.25, -0.2) is 4.21 Å². The topological polar surface area (TPSA) is 29.1 Å². The molecule has 1 N–H and O–H groups in total. The lowest BCUT2D eigenvalue weighted by molar-refractivity contribution is -0.0388. The highest BCUT2D eigenvalue weighted by Gasteiger charge is 2.39. The first kappa shape index (κ1) is 12.5. The molecule has 0 heterocycles. The summed E-state index contributed by atoms with van der Waals surface area (Å²) in [4.78, 5) is -3.47. The quantitative estimate of drug-likeness (QED) is 0.468. The molecule has 0 aliphatic rings. The van der Waals surface area contributed by atoms with E-state index in [-0.39, 0.29) is 0 Å². The van der Waals surface area contributed by atoms with Gasteiger partial charge in [-0.2, -0.15) is 26.1 Å². The summed E-state index contributed by atoms with van der Waals surface area (Å²) < 4.78 is 68.9. The van der Waals surface area contributed by atoms with Crippen molar-refractivity contribution in [3.8, 4) is 0 Å². The average Bonchev–Trinajstić information content (AvgIpc) is 1.78. The summed E-state index contributed by atoms with van der Waals surface area (Å²) in [6.45, 7) is 0. The maximum atomic E-state index is 11.8. The summed E-state index contributed by atoms with van der Waals surface area (Å²) in [5.41, 5.74) is -5.02. The number of alkyl halides is 5. The highest BCUT2D eigenvalue weighted by atomic mass is 32.2. The Kier molecular flexibility index (Phi) is 4.35. The molecular weight excluding hydrogens is 244 g/mol. The summed E-state index contributed by atoms with van der Waals surface area (Å²) >= 11 is -0.572. The third kappa shape index (κ3) is 6.10. The monoisotopic (exact) mass is 247 g/mol. The van der Waals surface area contributed by atoms with Crippen LogP contribution in [0.15, 0.2) is 0 Å². The first-order valence-corrected chi connectivity index (χ1v) is 4.76. The molecule has 0 bridgehead atoms. The van der Waals surface area contributed by atoms with Gasteiger partial charge < -0.3 is 0 Å². The minimum absolute atomic E-state index is 0.572. The van der Waals surface area contributed by atoms with Crippen molar-refractivity contribution in [3.05, 3.63) is 0 Å². The molecule has 0 saturated heterocycles. The fourth-order valence-corrected chi connectivity index (χ4v) is 1.70. The van der Waals surface area contributed by atoms with Gasteiger partial charge in [-0.15, -0.1) is 0 Å². The van der Waals surface area contributed by atoms with Gasteiger partial charge in [0, 0.05) is 11.9 Å². The zero-order valence-electron chi connectivity index (χ0n) is 5.19. The van der Waals surface area contributed by atoms with Crippen LogP contribution < -0.4 is 4.13 Å². The van der Waals surface area contributed by atoms with Gasteiger partial charge in [0.05, 0.1) is 0 Å². The molecule has 0 spiro atoms. The van der Waals surface area contributed by atoms with Crippen LogP contribution in [-0.4, -0.2) is 14.7 Å². The Morgan fingerprint density at radius 3 is 1.92 bits per heavy atom. The molecule has 2 nitrogen and oxygen atoms in total. The molecule has 0 rings (SSSR count). The largest absolute Gasteiger partial charge is 0.486 e. The number of hydrogen-bond acceptors (Lipinski definition) is 2. The summed E-state index contributed by atoms with van der Waals surface area (Å²) in [5, 5.41) is 0. The van der Waals surface area contributed by atoms with Gasteiger partial charge in [0.15, 0.2) is 0 Å². The minimum atomic E-state index is -5.02. The van der Waals surface area contributed by atoms with Crippen molar-refractivity contribution in [1.82, 2.24) is 4.13 Å². The van der Waals surface area contributed by atoms with E-state index < -0.39 is 33.4 Å². The van der Waals surface area contributed by atoms with E-state index in [1.807, 2.05) is 0 Å². The Bertz CT molecular complexity index is 177. The van der Waals surface area contributed by atoms with Crippen molar-refractivity contribution in [2.75, 3.05) is 0 Å². The second kappa shape index (κ2) is 4.17. The van der Waals surface area contributed by atoms with E-state index in [0.29, 0.717) is 0 Å². The number of halogens is 5. The molecule has 0 aromatic carbocycles. The predicted molar refractivity (Wildman–Crippen MR) is 39.6 cm³/mol. The van der Waals surface area contributed by atoms with Gasteiger partial charge in [-0.05, 0) is 9.24 Å². The average molecular weight is 247 g/mol. The molecular formula is C2H3F5NOPS2. The van der Waals surface area contributed by atoms with E-state index >= 15 is 0 Å². The number of rotatable bonds is 3. The summed E-state index contributed by atoms with van der Waals surface area (Å²) in [5.74, 6) is 0. The molecule has 10 heteroatoms. The highest BCUT2D eigenvalue weighted by molar-refractivity contribution is 8.10. The van der Waals surface area contributed by atoms with Crippen LogP contribution in [-0.2, 0) is 11.0 Å². The fourth-order valence-electron chi connectivity index (χ4n) is 0.141. The van der Waals surface area contributed by atoms with Crippen LogP contribution in [0.1, 0.15) is 0 Å². The molecule has 0 aliphatic heterocycles. The van der Waals surface area contributed by atoms with Crippen LogP contribution in [0.25, 0.3) is 0 Å². The molecule has 2 atom stereocenters. The van der Waals surface area contributed by atoms with Crippen molar-refractivity contribution in [1.29, 1.82) is 0 Å². The summed E-state index contributed by atoms with van der Waals surface area (Å²) in [7, 11) is -2.48. The third-order valence-electron chi connectivity index (χ3n) is 0.464. The molecule has 0 amide bonds. The van der Waals surface area contributed by atoms with Gasteiger partial charge >= 0.3 is 10.5 Å². The molecule has 0 fully saturated rings. The second-order valence-electron chi connectivity index (χ2n) is 1.46. The third-order valence-corrected chi connectivity index (χ3v) is 2.45. The van der Waals surface area contributed by atoms with Crippen LogP contribution in [0, 0.1) is 0 Å². The van der Waals surface area contributed by atoms with Crippen LogP contribution in [0.4, 0.5) is 22.0 Å². The Morgan fingerprint density at radius 1 is 1.25 bits per heavy atom. The molecule has 0 saturated carbocycles. The summed E-state index contributed by atoms with van der Waals surface area (Å²) in [6.07, 6.45) is 0. The van der Waals surface area contributed by atoms with Crippen LogP contribution in [0.3, 0.4) is 0 Å². The first-order valence-electron chi connectivity index (χ1n) is 2.22. The van der Waals surface area contributed by atoms with Crippen molar-refractivity contribution in [2.24, 2.45) is 0 Å². The minimum Gasteiger partial charge on any atom is -0.233 e. The molecule has 74 valence electrons. The van der Waals surface area contributed by atoms with Crippen molar-refractivity contribution >= 4 is 32.2 Å². The predicted octanol–water partition coefficient (Wildman–Crippen LogP) is 1.83. The molecule has 0 radical (unpaired) electrons. The Balaban J connectivity index is 3.90. The molecule has 0 aliphatic carbocycles. The van der Waals surface area contributed by atoms with Gasteiger partial charge in [0.2, 0.25) is 11.0 Å². The van der Waals surface area contributed by atoms with Gasteiger partial charge in [0.25, 0.3) is 0 Å². The zero-order chi connectivity index (χ0) is 9.99. The lowest BCUT2D eigenvalue weighted by atomic mass is 11.6. The van der Waals surface area contributed by atoms with Crippen molar-refractivity contribution in [3.63, 3.8) is 0 Å². The second-order valence-corrected chi connectivity index (χ2v) is 5.02. The molecule has 2 unspecified atom stereocenters. The lowest BCUT2D eigenvalue weighted by Gasteiger charge is -2.10. The maximum absolute atomic E-state index is 11.8. The Labute approximate surface area is 73.6 Å². The van der Waals surface area contributed by atoms with E-state index in [4.69, 9.17) is 0 Å². The normalized spacial score (nSPS) is 16.2. The van der Waals surface area contributed by atoms with E-state index in [2.05, 4.69) is 0 Å². The smallest absolute Gasteiger partial charge is 0.233 e. The maximum Gasteiger partial charge on any atom is 0.486 e. The lowest BCUT2D eigenvalue weighted by Crippen LogP contribution is -2.27. The van der Waals surface area contributed by atoms with Crippen molar-refractivity contribution in [2.45, 2.75) is 10.5 Å². The first-order chi connectivity index (χ1) is 5.13. The van der Waals surface area contributed by atoms with E-state index in [1.165, 1.54) is 0 Å². The van der Waals surface area contributed by atoms with E-state index in [1.54, 1.807) is 0 Å². The van der Waals surface area contributed by atoms with E-state index in [0.717, 1.165) is 13.4 Å². The number of nitrogens with one attached hydrogen (secondary N) is 1. The SMILES string of the molecule is O=S(NSC(F)(F)P)C(F)(F)F. The van der Waals surface area contributed by atoms with Gasteiger partial charge in [-0.1, -0.05) is 0 Å². The van der Waals surface area contributed by atoms with Crippen molar-refractivity contribution < 1.29 is 26.2 Å². The van der Waals surface area contributed by atoms with Crippen LogP contribution >= 0.6 is 21.2 Å². The highest BCUT2D eigenvalue weighted by Crippen LogP contribution is 2.34. The van der Waals surface area contributed by atoms with Crippen LogP contribution in [0.2, 0.25) is 0 Å². The molecule has 12 heavy (non-hydrogen) atoms. The van der Waals surface area contributed by atoms with Gasteiger partial charge in [0.1, 0.15) is 0 Å².